The van der Waals surface area contributed by atoms with E-state index >= 15 is 0 Å². The Bertz CT molecular complexity index is 881. The van der Waals surface area contributed by atoms with Gasteiger partial charge in [-0.05, 0) is 31.0 Å². The van der Waals surface area contributed by atoms with Crippen molar-refractivity contribution in [2.45, 2.75) is 38.9 Å². The normalized spacial score (nSPS) is 21.6. The molecule has 29 heavy (non-hydrogen) atoms. The van der Waals surface area contributed by atoms with Crippen LogP contribution in [0.2, 0.25) is 0 Å². The van der Waals surface area contributed by atoms with Crippen LogP contribution in [0.25, 0.3) is 0 Å². The second-order valence-corrected chi connectivity index (χ2v) is 6.88. The van der Waals surface area contributed by atoms with Crippen LogP contribution in [0.5, 0.6) is 0 Å². The molecule has 0 aliphatic carbocycles. The number of urea groups is 1. The van der Waals surface area contributed by atoms with Crippen molar-refractivity contribution in [2.24, 2.45) is 10.1 Å². The van der Waals surface area contributed by atoms with E-state index < -0.39 is 23.2 Å². The molecule has 2 aliphatic rings. The fourth-order valence-electron chi connectivity index (χ4n) is 3.22. The lowest BCUT2D eigenvalue weighted by Gasteiger charge is -2.36. The van der Waals surface area contributed by atoms with E-state index in [4.69, 9.17) is 0 Å². The number of hydrogen-bond donors (Lipinski definition) is 2. The number of rotatable bonds is 6. The Balaban J connectivity index is 1.81. The van der Waals surface area contributed by atoms with Gasteiger partial charge in [-0.1, -0.05) is 13.3 Å². The SMILES string of the molecule is CCCCN1C(N/N=C(\C)c2ccc([N+](=O)[O-])cc2)=NC2C1C(=O)NC(=O)N2C. The molecule has 1 aromatic rings. The molecule has 2 aliphatic heterocycles. The molecule has 3 rings (SSSR count). The number of carbonyl (C=O) groups is 2. The molecule has 11 heteroatoms. The number of guanidine groups is 1. The van der Waals surface area contributed by atoms with Gasteiger partial charge in [0.2, 0.25) is 5.96 Å². The Morgan fingerprint density at radius 3 is 2.66 bits per heavy atom. The molecule has 0 aromatic heterocycles. The summed E-state index contributed by atoms with van der Waals surface area (Å²) in [6, 6.07) is 4.96. The number of unbranched alkanes of at least 4 members (excludes halogenated alkanes) is 1. The molecule has 1 fully saturated rings. The number of imide groups is 1. The number of aliphatic imine (C=N–C) groups is 1. The van der Waals surface area contributed by atoms with Gasteiger partial charge in [0, 0.05) is 25.7 Å². The van der Waals surface area contributed by atoms with Gasteiger partial charge >= 0.3 is 6.03 Å². The van der Waals surface area contributed by atoms with E-state index in [2.05, 4.69) is 20.8 Å². The van der Waals surface area contributed by atoms with E-state index in [1.807, 2.05) is 11.8 Å². The Morgan fingerprint density at radius 1 is 1.34 bits per heavy atom. The molecule has 154 valence electrons. The van der Waals surface area contributed by atoms with E-state index in [1.54, 1.807) is 26.1 Å². The topological polar surface area (TPSA) is 133 Å². The zero-order chi connectivity index (χ0) is 21.1. The fourth-order valence-corrected chi connectivity index (χ4v) is 3.22. The maximum absolute atomic E-state index is 12.4. The van der Waals surface area contributed by atoms with Crippen LogP contribution in [0.3, 0.4) is 0 Å². The summed E-state index contributed by atoms with van der Waals surface area (Å²) in [5.74, 6) is 0.0252. The van der Waals surface area contributed by atoms with E-state index in [0.29, 0.717) is 23.8 Å². The maximum Gasteiger partial charge on any atom is 0.325 e. The first-order valence-corrected chi connectivity index (χ1v) is 9.30. The summed E-state index contributed by atoms with van der Waals surface area (Å²) < 4.78 is 0. The number of nitrogens with one attached hydrogen (secondary N) is 2. The molecular formula is C18H23N7O4. The minimum absolute atomic E-state index is 0.00297. The van der Waals surface area contributed by atoms with Crippen molar-refractivity contribution in [3.05, 3.63) is 39.9 Å². The lowest BCUT2D eigenvalue weighted by molar-refractivity contribution is -0.384. The summed E-state index contributed by atoms with van der Waals surface area (Å²) in [5, 5.41) is 17.5. The standard InChI is InChI=1S/C18H23N7O4/c1-4-5-10-24-14-15(23(3)18(27)20-16(14)26)19-17(24)22-21-11(2)12-6-8-13(9-7-12)25(28)29/h6-9,14-15H,4-5,10H2,1-3H3,(H,19,22)(H,20,26,27)/b21-11+. The molecule has 2 heterocycles. The molecule has 1 aromatic carbocycles. The van der Waals surface area contributed by atoms with Gasteiger partial charge in [-0.25, -0.2) is 15.2 Å². The molecule has 2 N–H and O–H groups in total. The first kappa shape index (κ1) is 20.2. The van der Waals surface area contributed by atoms with Gasteiger partial charge in [0.25, 0.3) is 11.6 Å². The van der Waals surface area contributed by atoms with Crippen molar-refractivity contribution >= 4 is 29.3 Å². The van der Waals surface area contributed by atoms with Crippen LogP contribution in [0.15, 0.2) is 34.4 Å². The Kier molecular flexibility index (Phi) is 5.76. The predicted molar refractivity (Wildman–Crippen MR) is 106 cm³/mol. The number of nitro benzene ring substituents is 1. The molecule has 2 unspecified atom stereocenters. The highest BCUT2D eigenvalue weighted by molar-refractivity contribution is 6.04. The molecular weight excluding hydrogens is 378 g/mol. The second-order valence-electron chi connectivity index (χ2n) is 6.88. The summed E-state index contributed by atoms with van der Waals surface area (Å²) in [7, 11) is 1.59. The summed E-state index contributed by atoms with van der Waals surface area (Å²) in [6.45, 7) is 4.39. The van der Waals surface area contributed by atoms with Crippen LogP contribution in [0.4, 0.5) is 10.5 Å². The number of amides is 3. The van der Waals surface area contributed by atoms with Crippen LogP contribution in [0, 0.1) is 10.1 Å². The van der Waals surface area contributed by atoms with Crippen molar-refractivity contribution in [1.82, 2.24) is 20.5 Å². The van der Waals surface area contributed by atoms with Crippen molar-refractivity contribution < 1.29 is 14.5 Å². The van der Waals surface area contributed by atoms with Gasteiger partial charge < -0.3 is 9.80 Å². The molecule has 11 nitrogen and oxygen atoms in total. The zero-order valence-corrected chi connectivity index (χ0v) is 16.5. The molecule has 0 radical (unpaired) electrons. The average molecular weight is 401 g/mol. The van der Waals surface area contributed by atoms with Crippen molar-refractivity contribution in [3.63, 3.8) is 0 Å². The van der Waals surface area contributed by atoms with Crippen LogP contribution in [-0.2, 0) is 4.79 Å². The Hall–Kier alpha value is -3.50. The van der Waals surface area contributed by atoms with Crippen LogP contribution in [-0.4, -0.2) is 64.1 Å². The number of hydrogen-bond acceptors (Lipinski definition) is 8. The molecule has 0 saturated carbocycles. The van der Waals surface area contributed by atoms with Gasteiger partial charge in [0.15, 0.2) is 12.2 Å². The van der Waals surface area contributed by atoms with Gasteiger partial charge in [-0.2, -0.15) is 5.10 Å². The summed E-state index contributed by atoms with van der Waals surface area (Å²) in [6.07, 6.45) is 1.16. The minimum Gasteiger partial charge on any atom is -0.326 e. The van der Waals surface area contributed by atoms with Crippen molar-refractivity contribution in [2.75, 3.05) is 13.6 Å². The monoisotopic (exact) mass is 401 g/mol. The largest absolute Gasteiger partial charge is 0.326 e. The summed E-state index contributed by atoms with van der Waals surface area (Å²) in [4.78, 5) is 42.4. The highest BCUT2D eigenvalue weighted by Crippen LogP contribution is 2.23. The first-order valence-electron chi connectivity index (χ1n) is 9.30. The van der Waals surface area contributed by atoms with Gasteiger partial charge in [-0.15, -0.1) is 0 Å². The van der Waals surface area contributed by atoms with E-state index in [1.165, 1.54) is 17.0 Å². The number of likely N-dealkylation sites (N-methyl/N-ethyl adjacent to an activating group) is 1. The lowest BCUT2D eigenvalue weighted by Crippen LogP contribution is -2.64. The van der Waals surface area contributed by atoms with Gasteiger partial charge in [0.05, 0.1) is 10.6 Å². The highest BCUT2D eigenvalue weighted by Gasteiger charge is 2.48. The maximum atomic E-state index is 12.4. The number of carbonyl (C=O) groups excluding carboxylic acids is 2. The summed E-state index contributed by atoms with van der Waals surface area (Å²) >= 11 is 0. The number of nitro groups is 1. The molecule has 2 atom stereocenters. The Labute approximate surface area is 167 Å². The second kappa shape index (κ2) is 8.25. The van der Waals surface area contributed by atoms with Crippen molar-refractivity contribution in [3.8, 4) is 0 Å². The molecule has 0 spiro atoms. The first-order chi connectivity index (χ1) is 13.8. The number of nitrogens with zero attached hydrogens (tertiary/aromatic N) is 5. The van der Waals surface area contributed by atoms with E-state index in [0.717, 1.165) is 12.8 Å². The van der Waals surface area contributed by atoms with E-state index in [-0.39, 0.29) is 11.6 Å². The number of benzene rings is 1. The van der Waals surface area contributed by atoms with Crippen LogP contribution < -0.4 is 10.7 Å². The third-order valence-electron chi connectivity index (χ3n) is 4.93. The van der Waals surface area contributed by atoms with E-state index in [9.17, 15) is 19.7 Å². The predicted octanol–water partition coefficient (Wildman–Crippen LogP) is 1.26. The fraction of sp³-hybridized carbons (Fsp3) is 0.444. The molecule has 1 saturated heterocycles. The van der Waals surface area contributed by atoms with Crippen molar-refractivity contribution in [1.29, 1.82) is 0 Å². The summed E-state index contributed by atoms with van der Waals surface area (Å²) in [5.41, 5.74) is 4.21. The molecule has 0 bridgehead atoms. The van der Waals surface area contributed by atoms with Gasteiger partial charge in [-0.3, -0.25) is 20.2 Å². The quantitative estimate of drug-likeness (QED) is 0.419. The third-order valence-corrected chi connectivity index (χ3v) is 4.93. The third kappa shape index (κ3) is 4.03. The van der Waals surface area contributed by atoms with Crippen LogP contribution >= 0.6 is 0 Å². The minimum atomic E-state index is -0.620. The average Bonchev–Trinajstić information content (AvgIpc) is 3.07. The smallest absolute Gasteiger partial charge is 0.325 e. The Morgan fingerprint density at radius 2 is 2.03 bits per heavy atom. The number of non-ortho nitro benzene ring substituents is 1. The molecule has 3 amide bonds. The lowest BCUT2D eigenvalue weighted by atomic mass is 10.1. The van der Waals surface area contributed by atoms with Crippen LogP contribution in [0.1, 0.15) is 32.3 Å². The zero-order valence-electron chi connectivity index (χ0n) is 16.5. The highest BCUT2D eigenvalue weighted by atomic mass is 16.6. The van der Waals surface area contributed by atoms with Gasteiger partial charge in [0.1, 0.15) is 0 Å². The number of hydrazone groups is 1. The number of fused-ring (bicyclic) bond motifs is 1.